The first-order valence-corrected chi connectivity index (χ1v) is 19.8. The van der Waals surface area contributed by atoms with Crippen molar-refractivity contribution < 1.29 is 46.1 Å². The molecule has 3 aliphatic rings. The summed E-state index contributed by atoms with van der Waals surface area (Å²) in [6.07, 6.45) is -0.0926. The van der Waals surface area contributed by atoms with Gasteiger partial charge in [0, 0.05) is 43.3 Å². The van der Waals surface area contributed by atoms with E-state index < -0.39 is 52.4 Å². The number of anilines is 1. The number of benzene rings is 5. The first-order chi connectivity index (χ1) is 29.0. The van der Waals surface area contributed by atoms with Gasteiger partial charge in [0.05, 0.1) is 25.5 Å². The normalized spacial score (nSPS) is 21.6. The molecular weight excluding hydrogens is 784 g/mol. The summed E-state index contributed by atoms with van der Waals surface area (Å²) in [7, 11) is 0. The monoisotopic (exact) mass is 826 g/mol. The van der Waals surface area contributed by atoms with E-state index in [-0.39, 0.29) is 37.2 Å². The Kier molecular flexibility index (Phi) is 11.7. The average molecular weight is 827 g/mol. The molecule has 0 aliphatic carbocycles. The summed E-state index contributed by atoms with van der Waals surface area (Å²) in [4.78, 5) is 30.5. The Hall–Kier alpha value is -5.67. The van der Waals surface area contributed by atoms with Crippen LogP contribution in [0.3, 0.4) is 0 Å². The minimum Gasteiger partial charge on any atom is -0.392 e. The second-order valence-corrected chi connectivity index (χ2v) is 15.5. The van der Waals surface area contributed by atoms with Gasteiger partial charge in [-0.2, -0.15) is 0 Å². The summed E-state index contributed by atoms with van der Waals surface area (Å²) in [6.45, 7) is 4.21. The van der Waals surface area contributed by atoms with Crippen molar-refractivity contribution in [1.29, 1.82) is 0 Å². The molecule has 60 heavy (non-hydrogen) atoms. The molecule has 8 rings (SSSR count). The van der Waals surface area contributed by atoms with Gasteiger partial charge in [-0.3, -0.25) is 9.59 Å². The number of nitrogens with one attached hydrogen (secondary N) is 2. The maximum atomic E-state index is 14.3. The van der Waals surface area contributed by atoms with Gasteiger partial charge in [-0.15, -0.1) is 0 Å². The van der Waals surface area contributed by atoms with E-state index in [1.807, 2.05) is 84.9 Å². The quantitative estimate of drug-likeness (QED) is 0.0755. The highest BCUT2D eigenvalue weighted by Gasteiger charge is 2.51. The number of ether oxygens (including phenoxy) is 2. The SMILES string of the molecule is C[C@H]1[C@@H](CN2CCC3(CC2)C(=O)NCN3c2ccccc2)O[C@@H](c2cccc(-c3cccc(CNC(=O)c4c(F)c(F)c(F)c(F)c4F)c3)c2)O[C@H]1c1ccc(CO)cc1. The number of piperidine rings is 1. The Morgan fingerprint density at radius 3 is 2.12 bits per heavy atom. The molecule has 3 heterocycles. The number of hydrogen-bond donors (Lipinski definition) is 3. The maximum Gasteiger partial charge on any atom is 0.257 e. The van der Waals surface area contributed by atoms with E-state index in [0.29, 0.717) is 44.7 Å². The lowest BCUT2D eigenvalue weighted by Gasteiger charge is -2.46. The number of aliphatic hydroxyl groups excluding tert-OH is 1. The van der Waals surface area contributed by atoms with E-state index in [4.69, 9.17) is 9.47 Å². The molecule has 0 bridgehead atoms. The van der Waals surface area contributed by atoms with Crippen LogP contribution >= 0.6 is 0 Å². The smallest absolute Gasteiger partial charge is 0.257 e. The molecule has 2 amide bonds. The highest BCUT2D eigenvalue weighted by molar-refractivity contribution is 5.95. The van der Waals surface area contributed by atoms with E-state index in [9.17, 15) is 36.6 Å². The molecule has 5 aromatic rings. The van der Waals surface area contributed by atoms with Crippen molar-refractivity contribution in [3.05, 3.63) is 160 Å². The number of halogens is 5. The van der Waals surface area contributed by atoms with Crippen molar-refractivity contribution in [2.75, 3.05) is 31.2 Å². The van der Waals surface area contributed by atoms with Gasteiger partial charge in [-0.25, -0.2) is 22.0 Å². The third kappa shape index (κ3) is 7.87. The van der Waals surface area contributed by atoms with Gasteiger partial charge in [0.15, 0.2) is 29.6 Å². The molecule has 0 unspecified atom stereocenters. The average Bonchev–Trinajstić information content (AvgIpc) is 3.60. The van der Waals surface area contributed by atoms with Crippen LogP contribution in [0.15, 0.2) is 103 Å². The number of hydrogen-bond acceptors (Lipinski definition) is 7. The van der Waals surface area contributed by atoms with Crippen molar-refractivity contribution in [3.63, 3.8) is 0 Å². The van der Waals surface area contributed by atoms with Crippen molar-refractivity contribution in [2.24, 2.45) is 5.92 Å². The topological polar surface area (TPSA) is 103 Å². The second-order valence-electron chi connectivity index (χ2n) is 15.5. The number of nitrogens with zero attached hydrogens (tertiary/aromatic N) is 2. The van der Waals surface area contributed by atoms with Gasteiger partial charge in [-0.05, 0) is 64.9 Å². The number of para-hydroxylation sites is 1. The number of amides is 2. The molecule has 0 radical (unpaired) electrons. The fourth-order valence-electron chi connectivity index (χ4n) is 8.52. The van der Waals surface area contributed by atoms with Crippen LogP contribution < -0.4 is 15.5 Å². The molecule has 5 aromatic carbocycles. The first kappa shape index (κ1) is 41.1. The number of carbonyl (C=O) groups is 2. The molecule has 0 saturated carbocycles. The van der Waals surface area contributed by atoms with E-state index >= 15 is 0 Å². The Labute approximate surface area is 343 Å². The number of carbonyl (C=O) groups excluding carboxylic acids is 2. The third-order valence-corrected chi connectivity index (χ3v) is 12.0. The minimum absolute atomic E-state index is 0.0486. The Balaban J connectivity index is 1.00. The minimum atomic E-state index is -2.34. The summed E-state index contributed by atoms with van der Waals surface area (Å²) < 4.78 is 83.1. The second kappa shape index (κ2) is 17.1. The summed E-state index contributed by atoms with van der Waals surface area (Å²) in [5.74, 6) is -12.6. The van der Waals surface area contributed by atoms with Gasteiger partial charge < -0.3 is 35.0 Å². The highest BCUT2D eigenvalue weighted by atomic mass is 19.2. The van der Waals surface area contributed by atoms with Crippen LogP contribution in [0, 0.1) is 35.0 Å². The van der Waals surface area contributed by atoms with Gasteiger partial charge in [0.25, 0.3) is 5.91 Å². The van der Waals surface area contributed by atoms with Crippen LogP contribution in [0.25, 0.3) is 11.1 Å². The fourth-order valence-corrected chi connectivity index (χ4v) is 8.52. The number of likely N-dealkylation sites (tertiary alicyclic amines) is 1. The zero-order chi connectivity index (χ0) is 42.1. The van der Waals surface area contributed by atoms with Crippen LogP contribution in [0.5, 0.6) is 0 Å². The maximum absolute atomic E-state index is 14.3. The van der Waals surface area contributed by atoms with E-state index in [0.717, 1.165) is 33.5 Å². The van der Waals surface area contributed by atoms with E-state index in [1.54, 1.807) is 18.2 Å². The first-order valence-electron chi connectivity index (χ1n) is 19.8. The molecule has 14 heteroatoms. The van der Waals surface area contributed by atoms with Gasteiger partial charge in [0.2, 0.25) is 11.7 Å². The van der Waals surface area contributed by atoms with Crippen LogP contribution in [0.4, 0.5) is 27.6 Å². The molecule has 4 atom stereocenters. The molecule has 3 saturated heterocycles. The molecule has 3 aliphatic heterocycles. The van der Waals surface area contributed by atoms with E-state index in [1.165, 1.54) is 0 Å². The number of aliphatic hydroxyl groups is 1. The fraction of sp³-hybridized carbons (Fsp3) is 0.304. The summed E-state index contributed by atoms with van der Waals surface area (Å²) in [5.41, 5.74) is 3.28. The molecule has 1 spiro atoms. The molecule has 3 fully saturated rings. The van der Waals surface area contributed by atoms with Crippen molar-refractivity contribution >= 4 is 17.5 Å². The Bertz CT molecular complexity index is 2350. The van der Waals surface area contributed by atoms with Crippen LogP contribution in [-0.4, -0.2) is 59.8 Å². The molecule has 3 N–H and O–H groups in total. The number of rotatable bonds is 10. The van der Waals surface area contributed by atoms with Crippen molar-refractivity contribution in [2.45, 2.75) is 57.0 Å². The molecular formula is C46H43F5N4O5. The van der Waals surface area contributed by atoms with Crippen LogP contribution in [0.1, 0.15) is 64.8 Å². The standard InChI is InChI=1S/C46H43F5N4O5/c1-27-35(24-54-19-17-46(18-20-54)45(58)53-26-55(46)34-11-3-2-4-12-34)59-44(60-42(27)30-15-13-28(25-56)14-16-30)33-10-6-9-32(22-33)31-8-5-7-29(21-31)23-52-43(57)36-37(47)39(49)41(51)40(50)38(36)48/h2-16,21-22,27,35,42,44,56H,17-20,23-26H2,1H3,(H,52,57)(H,53,58)/t27-,35+,42+,44+/m0/s1. The lowest BCUT2D eigenvalue weighted by molar-refractivity contribution is -0.276. The zero-order valence-electron chi connectivity index (χ0n) is 32.6. The van der Waals surface area contributed by atoms with Crippen molar-refractivity contribution in [3.8, 4) is 11.1 Å². The van der Waals surface area contributed by atoms with Crippen molar-refractivity contribution in [1.82, 2.24) is 15.5 Å². The summed E-state index contributed by atoms with van der Waals surface area (Å²) >= 11 is 0. The zero-order valence-corrected chi connectivity index (χ0v) is 32.6. The summed E-state index contributed by atoms with van der Waals surface area (Å²) in [6, 6.07) is 32.2. The molecule has 9 nitrogen and oxygen atoms in total. The molecule has 312 valence electrons. The summed E-state index contributed by atoms with van der Waals surface area (Å²) in [5, 5.41) is 15.0. The lowest BCUT2D eigenvalue weighted by Crippen LogP contribution is -2.57. The predicted octanol–water partition coefficient (Wildman–Crippen LogP) is 7.69. The van der Waals surface area contributed by atoms with Crippen LogP contribution in [-0.2, 0) is 27.4 Å². The van der Waals surface area contributed by atoms with Gasteiger partial charge >= 0.3 is 0 Å². The largest absolute Gasteiger partial charge is 0.392 e. The predicted molar refractivity (Wildman–Crippen MR) is 213 cm³/mol. The van der Waals surface area contributed by atoms with Gasteiger partial charge in [-0.1, -0.05) is 85.8 Å². The van der Waals surface area contributed by atoms with E-state index in [2.05, 4.69) is 27.4 Å². The Morgan fingerprint density at radius 2 is 1.43 bits per heavy atom. The highest BCUT2D eigenvalue weighted by Crippen LogP contribution is 2.43. The molecule has 0 aromatic heterocycles. The Morgan fingerprint density at radius 1 is 0.783 bits per heavy atom. The lowest BCUT2D eigenvalue weighted by atomic mass is 9.84. The van der Waals surface area contributed by atoms with Gasteiger partial charge in [0.1, 0.15) is 11.1 Å². The van der Waals surface area contributed by atoms with Crippen LogP contribution in [0.2, 0.25) is 0 Å². The third-order valence-electron chi connectivity index (χ3n) is 12.0.